The Bertz CT molecular complexity index is 158. The molecule has 0 aliphatic heterocycles. The first-order valence-corrected chi connectivity index (χ1v) is 6.04. The van der Waals surface area contributed by atoms with Crippen LogP contribution in [-0.2, 0) is 4.79 Å². The number of carbonyl (C=O) groups is 1. The van der Waals surface area contributed by atoms with Crippen LogP contribution < -0.4 is 5.32 Å². The molecule has 14 heavy (non-hydrogen) atoms. The van der Waals surface area contributed by atoms with Crippen molar-refractivity contribution in [2.45, 2.75) is 58.4 Å². The zero-order chi connectivity index (χ0) is 11.0. The zero-order valence-electron chi connectivity index (χ0n) is 9.53. The van der Waals surface area contributed by atoms with Gasteiger partial charge in [-0.05, 0) is 19.3 Å². The maximum absolute atomic E-state index is 11.5. The van der Waals surface area contributed by atoms with E-state index in [0.29, 0.717) is 12.3 Å². The van der Waals surface area contributed by atoms with Crippen LogP contribution in [0.2, 0.25) is 0 Å². The number of carbonyl (C=O) groups excluding carboxylic acids is 1. The fourth-order valence-electron chi connectivity index (χ4n) is 1.34. The second kappa shape index (κ2) is 7.10. The minimum Gasteiger partial charge on any atom is -0.349 e. The van der Waals surface area contributed by atoms with E-state index in [4.69, 9.17) is 11.6 Å². The first-order chi connectivity index (χ1) is 6.64. The summed E-state index contributed by atoms with van der Waals surface area (Å²) in [5.41, 5.74) is -0.188. The summed E-state index contributed by atoms with van der Waals surface area (Å²) in [4.78, 5) is 11.5. The van der Waals surface area contributed by atoms with E-state index in [1.54, 1.807) is 0 Å². The monoisotopic (exact) mass is 219 g/mol. The summed E-state index contributed by atoms with van der Waals surface area (Å²) in [6, 6.07) is 0. The van der Waals surface area contributed by atoms with E-state index in [1.807, 2.05) is 0 Å². The van der Waals surface area contributed by atoms with Gasteiger partial charge in [-0.3, -0.25) is 4.79 Å². The maximum Gasteiger partial charge on any atom is 0.220 e. The van der Waals surface area contributed by atoms with Crippen LogP contribution in [0.1, 0.15) is 52.9 Å². The van der Waals surface area contributed by atoms with Gasteiger partial charge in [-0.25, -0.2) is 0 Å². The van der Waals surface area contributed by atoms with Gasteiger partial charge in [0.1, 0.15) is 0 Å². The largest absolute Gasteiger partial charge is 0.349 e. The van der Waals surface area contributed by atoms with E-state index in [9.17, 15) is 4.79 Å². The van der Waals surface area contributed by atoms with Crippen molar-refractivity contribution in [2.24, 2.45) is 0 Å². The molecule has 0 heterocycles. The van der Waals surface area contributed by atoms with Crippen molar-refractivity contribution in [3.8, 4) is 0 Å². The van der Waals surface area contributed by atoms with E-state index >= 15 is 0 Å². The minimum absolute atomic E-state index is 0.135. The molecule has 0 saturated carbocycles. The van der Waals surface area contributed by atoms with Crippen molar-refractivity contribution in [1.82, 2.24) is 5.32 Å². The maximum atomic E-state index is 11.5. The minimum atomic E-state index is -0.188. The molecule has 0 saturated heterocycles. The molecule has 0 aliphatic carbocycles. The first kappa shape index (κ1) is 13.8. The van der Waals surface area contributed by atoms with Gasteiger partial charge in [0.15, 0.2) is 0 Å². The smallest absolute Gasteiger partial charge is 0.220 e. The molecule has 0 aromatic heterocycles. The van der Waals surface area contributed by atoms with Gasteiger partial charge in [0.2, 0.25) is 5.91 Å². The number of alkyl halides is 1. The zero-order valence-corrected chi connectivity index (χ0v) is 10.3. The molecule has 0 spiro atoms. The normalized spacial score (nSPS) is 11.4. The molecule has 1 amide bonds. The van der Waals surface area contributed by atoms with Crippen LogP contribution in [0.25, 0.3) is 0 Å². The summed E-state index contributed by atoms with van der Waals surface area (Å²) < 4.78 is 0. The highest BCUT2D eigenvalue weighted by molar-refractivity contribution is 6.18. The summed E-state index contributed by atoms with van der Waals surface area (Å²) >= 11 is 5.89. The Balaban J connectivity index is 4.08. The average Bonchev–Trinajstić information content (AvgIpc) is 2.23. The number of nitrogens with one attached hydrogen (secondary N) is 1. The molecule has 1 N–H and O–H groups in total. The highest BCUT2D eigenvalue weighted by Gasteiger charge is 2.26. The Morgan fingerprint density at radius 3 is 2.21 bits per heavy atom. The van der Waals surface area contributed by atoms with Crippen molar-refractivity contribution in [2.75, 3.05) is 5.88 Å². The van der Waals surface area contributed by atoms with Gasteiger partial charge in [-0.15, -0.1) is 11.6 Å². The van der Waals surface area contributed by atoms with Crippen molar-refractivity contribution < 1.29 is 4.79 Å². The molecule has 0 rings (SSSR count). The number of unbranched alkanes of at least 4 members (excludes halogenated alkanes) is 1. The highest BCUT2D eigenvalue weighted by atomic mass is 35.5. The lowest BCUT2D eigenvalue weighted by Crippen LogP contribution is -2.49. The molecule has 0 bridgehead atoms. The van der Waals surface area contributed by atoms with Crippen LogP contribution in [-0.4, -0.2) is 17.3 Å². The molecule has 0 fully saturated rings. The van der Waals surface area contributed by atoms with Crippen LogP contribution in [0.3, 0.4) is 0 Å². The second-order valence-electron chi connectivity index (χ2n) is 3.77. The fraction of sp³-hybridized carbons (Fsp3) is 0.909. The van der Waals surface area contributed by atoms with E-state index in [-0.39, 0.29) is 11.4 Å². The Morgan fingerprint density at radius 1 is 1.29 bits per heavy atom. The summed E-state index contributed by atoms with van der Waals surface area (Å²) in [5, 5.41) is 3.04. The average molecular weight is 220 g/mol. The van der Waals surface area contributed by atoms with Crippen molar-refractivity contribution >= 4 is 17.5 Å². The number of hydrogen-bond donors (Lipinski definition) is 1. The summed E-state index contributed by atoms with van der Waals surface area (Å²) in [6.07, 6.45) is 4.42. The van der Waals surface area contributed by atoms with Crippen molar-refractivity contribution in [3.05, 3.63) is 0 Å². The Labute approximate surface area is 92.4 Å². The van der Waals surface area contributed by atoms with Crippen LogP contribution in [0, 0.1) is 0 Å². The molecule has 0 aromatic carbocycles. The quantitative estimate of drug-likeness (QED) is 0.656. The third-order valence-electron chi connectivity index (χ3n) is 2.77. The topological polar surface area (TPSA) is 29.1 Å². The number of amides is 1. The van der Waals surface area contributed by atoms with Gasteiger partial charge < -0.3 is 5.32 Å². The molecule has 0 atom stereocenters. The lowest BCUT2D eigenvalue weighted by atomic mass is 9.95. The molecule has 0 radical (unpaired) electrons. The molecule has 2 nitrogen and oxygen atoms in total. The fourth-order valence-corrected chi connectivity index (χ4v) is 1.79. The van der Waals surface area contributed by atoms with Crippen LogP contribution in [0.15, 0.2) is 0 Å². The molecule has 0 aliphatic rings. The first-order valence-electron chi connectivity index (χ1n) is 5.51. The second-order valence-corrected chi connectivity index (χ2v) is 4.04. The lowest BCUT2D eigenvalue weighted by Gasteiger charge is -2.30. The molecular formula is C11H22ClNO. The van der Waals surface area contributed by atoms with E-state index in [2.05, 4.69) is 26.1 Å². The summed E-state index contributed by atoms with van der Waals surface area (Å²) in [5.74, 6) is 0.633. The van der Waals surface area contributed by atoms with Gasteiger partial charge in [0, 0.05) is 12.3 Å². The highest BCUT2D eigenvalue weighted by Crippen LogP contribution is 2.17. The molecule has 0 aromatic rings. The summed E-state index contributed by atoms with van der Waals surface area (Å²) in [6.45, 7) is 6.21. The number of rotatable bonds is 7. The van der Waals surface area contributed by atoms with E-state index in [0.717, 1.165) is 25.7 Å². The standard InChI is InChI=1S/C11H22ClNO/c1-4-7-8-10(14)13-11(5-2,6-3)9-12/h4-9H2,1-3H3,(H,13,14). The number of halogens is 1. The van der Waals surface area contributed by atoms with Crippen LogP contribution in [0.4, 0.5) is 0 Å². The summed E-state index contributed by atoms with van der Waals surface area (Å²) in [7, 11) is 0. The van der Waals surface area contributed by atoms with Gasteiger partial charge in [-0.1, -0.05) is 27.2 Å². The van der Waals surface area contributed by atoms with Gasteiger partial charge in [0.05, 0.1) is 5.54 Å². The number of hydrogen-bond acceptors (Lipinski definition) is 1. The van der Waals surface area contributed by atoms with E-state index < -0.39 is 0 Å². The molecule has 0 unspecified atom stereocenters. The molecule has 84 valence electrons. The molecular weight excluding hydrogens is 198 g/mol. The van der Waals surface area contributed by atoms with Crippen LogP contribution >= 0.6 is 11.6 Å². The molecule has 3 heteroatoms. The Morgan fingerprint density at radius 2 is 1.86 bits per heavy atom. The van der Waals surface area contributed by atoms with Gasteiger partial charge in [-0.2, -0.15) is 0 Å². The third-order valence-corrected chi connectivity index (χ3v) is 3.28. The Hall–Kier alpha value is -0.240. The third kappa shape index (κ3) is 4.32. The van der Waals surface area contributed by atoms with Gasteiger partial charge in [0.25, 0.3) is 0 Å². The van der Waals surface area contributed by atoms with Gasteiger partial charge >= 0.3 is 0 Å². The predicted molar refractivity (Wildman–Crippen MR) is 61.7 cm³/mol. The lowest BCUT2D eigenvalue weighted by molar-refractivity contribution is -0.123. The van der Waals surface area contributed by atoms with E-state index in [1.165, 1.54) is 0 Å². The van der Waals surface area contributed by atoms with Crippen molar-refractivity contribution in [3.63, 3.8) is 0 Å². The Kier molecular flexibility index (Phi) is 6.98. The van der Waals surface area contributed by atoms with Crippen LogP contribution in [0.5, 0.6) is 0 Å². The van der Waals surface area contributed by atoms with Crippen molar-refractivity contribution in [1.29, 1.82) is 0 Å². The SMILES string of the molecule is CCCCC(=O)NC(CC)(CC)CCl. The predicted octanol–water partition coefficient (Wildman–Crippen LogP) is 3.09.